The van der Waals surface area contributed by atoms with Gasteiger partial charge >= 0.3 is 5.63 Å². The van der Waals surface area contributed by atoms with E-state index in [1.807, 2.05) is 13.0 Å². The Morgan fingerprint density at radius 1 is 1.26 bits per heavy atom. The zero-order valence-electron chi connectivity index (χ0n) is 15.7. The topological polar surface area (TPSA) is 91.6 Å². The monoisotopic (exact) mass is 396 g/mol. The number of halogens is 1. The number of aryl methyl sites for hydroxylation is 1. The summed E-state index contributed by atoms with van der Waals surface area (Å²) < 4.78 is 5.51. The SMILES string of the molecule is Cc1cc(C2CCCNC2)oc(=O)c1C(=O)NC1C[C@H]2CC(O)C[C@H]2C1.Cl. The van der Waals surface area contributed by atoms with Crippen LogP contribution in [0.4, 0.5) is 0 Å². The first-order chi connectivity index (χ1) is 12.5. The molecule has 3 unspecified atom stereocenters. The smallest absolute Gasteiger partial charge is 0.349 e. The average molecular weight is 397 g/mol. The molecule has 0 radical (unpaired) electrons. The summed E-state index contributed by atoms with van der Waals surface area (Å²) in [7, 11) is 0. The van der Waals surface area contributed by atoms with Crippen molar-refractivity contribution in [3.8, 4) is 0 Å². The van der Waals surface area contributed by atoms with E-state index in [1.165, 1.54) is 0 Å². The van der Waals surface area contributed by atoms with Gasteiger partial charge in [-0.1, -0.05) is 0 Å². The zero-order valence-corrected chi connectivity index (χ0v) is 16.5. The number of piperidine rings is 1. The summed E-state index contributed by atoms with van der Waals surface area (Å²) in [6.07, 6.45) is 5.34. The summed E-state index contributed by atoms with van der Waals surface area (Å²) in [5.74, 6) is 1.55. The van der Waals surface area contributed by atoms with Crippen molar-refractivity contribution in [2.24, 2.45) is 11.8 Å². The molecule has 27 heavy (non-hydrogen) atoms. The number of carbonyl (C=O) groups is 1. The Labute approximate surface area is 165 Å². The van der Waals surface area contributed by atoms with Crippen molar-refractivity contribution in [1.82, 2.24) is 10.6 Å². The Bertz CT molecular complexity index is 730. The second-order valence-corrected chi connectivity index (χ2v) is 8.32. The molecule has 1 aromatic rings. The predicted molar refractivity (Wildman–Crippen MR) is 105 cm³/mol. The molecule has 150 valence electrons. The molecule has 4 rings (SSSR count). The van der Waals surface area contributed by atoms with Crippen LogP contribution in [-0.4, -0.2) is 36.2 Å². The van der Waals surface area contributed by atoms with Crippen molar-refractivity contribution < 1.29 is 14.3 Å². The number of fused-ring (bicyclic) bond motifs is 1. The molecule has 1 aliphatic heterocycles. The minimum absolute atomic E-state index is 0. The fourth-order valence-corrected chi connectivity index (χ4v) is 5.16. The highest BCUT2D eigenvalue weighted by atomic mass is 35.5. The van der Waals surface area contributed by atoms with Gasteiger partial charge in [-0.05, 0) is 75.5 Å². The highest BCUT2D eigenvalue weighted by molar-refractivity contribution is 5.95. The number of hydrogen-bond acceptors (Lipinski definition) is 5. The molecule has 2 heterocycles. The van der Waals surface area contributed by atoms with Gasteiger partial charge in [0.25, 0.3) is 5.91 Å². The maximum absolute atomic E-state index is 12.7. The van der Waals surface area contributed by atoms with Crippen LogP contribution in [0.1, 0.15) is 66.1 Å². The number of aliphatic hydroxyl groups is 1. The molecule has 3 N–H and O–H groups in total. The average Bonchev–Trinajstić information content (AvgIpc) is 3.11. The van der Waals surface area contributed by atoms with E-state index in [1.54, 1.807) is 0 Å². The van der Waals surface area contributed by atoms with Gasteiger partial charge in [-0.2, -0.15) is 0 Å². The number of aliphatic hydroxyl groups excluding tert-OH is 1. The van der Waals surface area contributed by atoms with E-state index in [9.17, 15) is 14.7 Å². The molecule has 0 bridgehead atoms. The Balaban J connectivity index is 0.00000210. The molecule has 3 aliphatic rings. The van der Waals surface area contributed by atoms with Crippen LogP contribution in [0, 0.1) is 18.8 Å². The first-order valence-electron chi connectivity index (χ1n) is 9.85. The van der Waals surface area contributed by atoms with Crippen molar-refractivity contribution in [2.45, 2.75) is 63.5 Å². The molecule has 2 saturated carbocycles. The van der Waals surface area contributed by atoms with Crippen LogP contribution in [0.5, 0.6) is 0 Å². The van der Waals surface area contributed by atoms with E-state index in [2.05, 4.69) is 10.6 Å². The van der Waals surface area contributed by atoms with Crippen molar-refractivity contribution in [3.63, 3.8) is 0 Å². The maximum atomic E-state index is 12.7. The zero-order chi connectivity index (χ0) is 18.3. The highest BCUT2D eigenvalue weighted by Crippen LogP contribution is 2.44. The Hall–Kier alpha value is -1.37. The van der Waals surface area contributed by atoms with Crippen LogP contribution in [-0.2, 0) is 0 Å². The van der Waals surface area contributed by atoms with Crippen LogP contribution in [0.15, 0.2) is 15.3 Å². The first kappa shape index (κ1) is 20.4. The summed E-state index contributed by atoms with van der Waals surface area (Å²) >= 11 is 0. The second-order valence-electron chi connectivity index (χ2n) is 8.32. The summed E-state index contributed by atoms with van der Waals surface area (Å²) in [6.45, 7) is 3.62. The number of carbonyl (C=O) groups excluding carboxylic acids is 1. The Kier molecular flexibility index (Phi) is 6.28. The van der Waals surface area contributed by atoms with Gasteiger partial charge in [0.05, 0.1) is 6.10 Å². The van der Waals surface area contributed by atoms with Gasteiger partial charge < -0.3 is 20.2 Å². The molecule has 3 fully saturated rings. The molecular formula is C20H29ClN2O4. The molecule has 0 spiro atoms. The summed E-state index contributed by atoms with van der Waals surface area (Å²) in [6, 6.07) is 1.94. The molecular weight excluding hydrogens is 368 g/mol. The van der Waals surface area contributed by atoms with Gasteiger partial charge in [-0.15, -0.1) is 12.4 Å². The molecule has 1 aromatic heterocycles. The third-order valence-corrected chi connectivity index (χ3v) is 6.42. The van der Waals surface area contributed by atoms with Gasteiger partial charge in [0, 0.05) is 18.5 Å². The van der Waals surface area contributed by atoms with Gasteiger partial charge in [-0.25, -0.2) is 4.79 Å². The quantitative estimate of drug-likeness (QED) is 0.727. The second kappa shape index (κ2) is 8.33. The van der Waals surface area contributed by atoms with Gasteiger partial charge in [-0.3, -0.25) is 4.79 Å². The molecule has 5 atom stereocenters. The van der Waals surface area contributed by atoms with Gasteiger partial charge in [0.1, 0.15) is 11.3 Å². The standard InChI is InChI=1S/C20H28N2O4.ClH/c1-11-5-17(12-3-2-4-21-10-12)26-20(25)18(11)19(24)22-15-6-13-8-16(23)9-14(13)7-15;/h5,12-16,21,23H,2-4,6-10H2,1H3,(H,22,24);1H/t12?,13-,14+,15?,16?;. The van der Waals surface area contributed by atoms with Crippen LogP contribution < -0.4 is 16.3 Å². The molecule has 1 saturated heterocycles. The van der Waals surface area contributed by atoms with Crippen molar-refractivity contribution >= 4 is 18.3 Å². The summed E-state index contributed by atoms with van der Waals surface area (Å²) in [5, 5.41) is 16.1. The Morgan fingerprint density at radius 3 is 2.56 bits per heavy atom. The molecule has 7 heteroatoms. The number of rotatable bonds is 3. The fourth-order valence-electron chi connectivity index (χ4n) is 5.16. The minimum atomic E-state index is -0.531. The molecule has 6 nitrogen and oxygen atoms in total. The van der Waals surface area contributed by atoms with Gasteiger partial charge in [0.15, 0.2) is 0 Å². The van der Waals surface area contributed by atoms with Crippen LogP contribution in [0.25, 0.3) is 0 Å². The largest absolute Gasteiger partial charge is 0.427 e. The van der Waals surface area contributed by atoms with E-state index in [0.29, 0.717) is 23.2 Å². The van der Waals surface area contributed by atoms with Crippen molar-refractivity contribution in [2.75, 3.05) is 13.1 Å². The molecule has 1 amide bonds. The number of hydrogen-bond donors (Lipinski definition) is 3. The third-order valence-electron chi connectivity index (χ3n) is 6.42. The minimum Gasteiger partial charge on any atom is -0.427 e. The van der Waals surface area contributed by atoms with E-state index in [-0.39, 0.29) is 41.9 Å². The van der Waals surface area contributed by atoms with E-state index < -0.39 is 5.63 Å². The lowest BCUT2D eigenvalue weighted by Crippen LogP contribution is -2.37. The fraction of sp³-hybridized carbons (Fsp3) is 0.700. The van der Waals surface area contributed by atoms with Gasteiger partial charge in [0.2, 0.25) is 0 Å². The summed E-state index contributed by atoms with van der Waals surface area (Å²) in [5.41, 5.74) is 0.291. The lowest BCUT2D eigenvalue weighted by Gasteiger charge is -2.22. The van der Waals surface area contributed by atoms with E-state index >= 15 is 0 Å². The van der Waals surface area contributed by atoms with E-state index in [0.717, 1.165) is 51.6 Å². The molecule has 2 aliphatic carbocycles. The lowest BCUT2D eigenvalue weighted by atomic mass is 9.95. The Morgan fingerprint density at radius 2 is 1.96 bits per heavy atom. The lowest BCUT2D eigenvalue weighted by molar-refractivity contribution is 0.0929. The van der Waals surface area contributed by atoms with Crippen molar-refractivity contribution in [1.29, 1.82) is 0 Å². The third kappa shape index (κ3) is 4.23. The van der Waals surface area contributed by atoms with Crippen LogP contribution in [0.2, 0.25) is 0 Å². The normalized spacial score (nSPS) is 32.6. The maximum Gasteiger partial charge on any atom is 0.349 e. The number of amides is 1. The predicted octanol–water partition coefficient (Wildman–Crippen LogP) is 2.12. The van der Waals surface area contributed by atoms with E-state index in [4.69, 9.17) is 4.42 Å². The molecule has 0 aromatic carbocycles. The highest BCUT2D eigenvalue weighted by Gasteiger charge is 2.41. The van der Waals surface area contributed by atoms with Crippen molar-refractivity contribution in [3.05, 3.63) is 33.4 Å². The summed E-state index contributed by atoms with van der Waals surface area (Å²) in [4.78, 5) is 25.2. The van der Waals surface area contributed by atoms with Crippen LogP contribution in [0.3, 0.4) is 0 Å². The number of nitrogens with one attached hydrogen (secondary N) is 2. The first-order valence-corrected chi connectivity index (χ1v) is 9.85. The van der Waals surface area contributed by atoms with Crippen LogP contribution >= 0.6 is 12.4 Å².